The maximum Gasteiger partial charge on any atom is 0.248 e. The minimum absolute atomic E-state index is 0.320. The van der Waals surface area contributed by atoms with Crippen molar-refractivity contribution in [2.75, 3.05) is 25.1 Å². The third-order valence-corrected chi connectivity index (χ3v) is 7.60. The third-order valence-electron chi connectivity index (χ3n) is 6.55. The quantitative estimate of drug-likeness (QED) is 0.112. The third kappa shape index (κ3) is 9.06. The largest absolute Gasteiger partial charge is 0.491 e. The zero-order chi connectivity index (χ0) is 29.7. The van der Waals surface area contributed by atoms with E-state index in [0.717, 1.165) is 59.2 Å². The number of rotatable bonds is 15. The molecule has 0 aliphatic rings. The fourth-order valence-corrected chi connectivity index (χ4v) is 5.18. The summed E-state index contributed by atoms with van der Waals surface area (Å²) < 4.78 is 28.2. The van der Waals surface area contributed by atoms with E-state index in [4.69, 9.17) is 9.47 Å². The molecule has 1 aromatic heterocycles. The van der Waals surface area contributed by atoms with Crippen LogP contribution in [0.25, 0.3) is 16.7 Å². The molecule has 1 amide bonds. The number of ether oxygens (including phenoxy) is 2. The van der Waals surface area contributed by atoms with Gasteiger partial charge in [0.15, 0.2) is 0 Å². The predicted octanol–water partition coefficient (Wildman–Crippen LogP) is 8.49. The van der Waals surface area contributed by atoms with Crippen LogP contribution in [0.5, 0.6) is 5.75 Å². The van der Waals surface area contributed by atoms with Gasteiger partial charge >= 0.3 is 0 Å². The predicted molar refractivity (Wildman–Crippen MR) is 168 cm³/mol. The Morgan fingerprint density at radius 1 is 0.976 bits per heavy atom. The van der Waals surface area contributed by atoms with Crippen LogP contribution in [0.3, 0.4) is 0 Å². The summed E-state index contributed by atoms with van der Waals surface area (Å²) in [7, 11) is 0. The van der Waals surface area contributed by atoms with Crippen molar-refractivity contribution in [3.63, 3.8) is 0 Å². The summed E-state index contributed by atoms with van der Waals surface area (Å²) >= 11 is 1.63. The summed E-state index contributed by atoms with van der Waals surface area (Å²) in [5.41, 5.74) is 3.35. The van der Waals surface area contributed by atoms with E-state index in [-0.39, 0.29) is 11.7 Å². The van der Waals surface area contributed by atoms with Crippen molar-refractivity contribution < 1.29 is 18.7 Å². The second-order valence-corrected chi connectivity index (χ2v) is 11.0. The molecule has 0 unspecified atom stereocenters. The van der Waals surface area contributed by atoms with Crippen LogP contribution in [0.15, 0.2) is 95.3 Å². The van der Waals surface area contributed by atoms with Crippen molar-refractivity contribution in [2.45, 2.75) is 56.5 Å². The summed E-state index contributed by atoms with van der Waals surface area (Å²) in [6.07, 6.45) is 8.32. The number of unbranched alkanes of at least 4 members (excludes halogenated alkanes) is 1. The molecule has 4 rings (SSSR count). The molecule has 42 heavy (non-hydrogen) atoms. The van der Waals surface area contributed by atoms with Gasteiger partial charge in [-0.1, -0.05) is 50.2 Å². The molecular weight excluding hydrogens is 549 g/mol. The number of amides is 1. The van der Waals surface area contributed by atoms with E-state index < -0.39 is 0 Å². The molecule has 0 bridgehead atoms. The van der Waals surface area contributed by atoms with Crippen LogP contribution < -0.4 is 10.1 Å². The number of nitrogens with one attached hydrogen (secondary N) is 1. The summed E-state index contributed by atoms with van der Waals surface area (Å²) in [6, 6.07) is 20.2. The van der Waals surface area contributed by atoms with E-state index in [0.29, 0.717) is 30.0 Å². The molecule has 6 nitrogen and oxygen atoms in total. The molecule has 1 N–H and O–H groups in total. The van der Waals surface area contributed by atoms with Crippen LogP contribution in [-0.2, 0) is 16.1 Å². The molecule has 3 aromatic carbocycles. The molecule has 0 radical (unpaired) electrons. The Morgan fingerprint density at radius 3 is 2.48 bits per heavy atom. The van der Waals surface area contributed by atoms with Crippen LogP contribution in [0.1, 0.15) is 45.6 Å². The Labute approximate surface area is 252 Å². The number of carbonyl (C=O) groups excluding carboxylic acids is 1. The number of hydrogen-bond donors (Lipinski definition) is 1. The molecule has 0 saturated carbocycles. The minimum atomic E-state index is -0.382. The van der Waals surface area contributed by atoms with E-state index in [1.165, 1.54) is 12.1 Å². The van der Waals surface area contributed by atoms with Crippen molar-refractivity contribution in [2.24, 2.45) is 0 Å². The fraction of sp³-hybridized carbons (Fsp3) is 0.294. The van der Waals surface area contributed by atoms with Crippen molar-refractivity contribution in [3.8, 4) is 16.9 Å². The van der Waals surface area contributed by atoms with E-state index in [1.807, 2.05) is 61.1 Å². The van der Waals surface area contributed by atoms with Crippen molar-refractivity contribution in [1.82, 2.24) is 9.55 Å². The second-order valence-electron chi connectivity index (χ2n) is 9.90. The average Bonchev–Trinajstić information content (AvgIpc) is 3.43. The van der Waals surface area contributed by atoms with Gasteiger partial charge in [-0.2, -0.15) is 0 Å². The lowest BCUT2D eigenvalue weighted by Gasteiger charge is -2.10. The van der Waals surface area contributed by atoms with Gasteiger partial charge in [0.1, 0.15) is 18.2 Å². The topological polar surface area (TPSA) is 65.4 Å². The number of anilines is 1. The van der Waals surface area contributed by atoms with Crippen LogP contribution in [0, 0.1) is 5.82 Å². The maximum absolute atomic E-state index is 14.8. The number of benzene rings is 3. The maximum atomic E-state index is 14.8. The van der Waals surface area contributed by atoms with Gasteiger partial charge in [0.25, 0.3) is 0 Å². The van der Waals surface area contributed by atoms with Crippen LogP contribution in [0.4, 0.5) is 10.1 Å². The first-order valence-electron chi connectivity index (χ1n) is 14.3. The highest BCUT2D eigenvalue weighted by atomic mass is 32.2. The molecule has 0 spiro atoms. The summed E-state index contributed by atoms with van der Waals surface area (Å²) in [5, 5.41) is 3.95. The molecule has 220 valence electrons. The monoisotopic (exact) mass is 587 g/mol. The molecule has 0 atom stereocenters. The highest BCUT2D eigenvalue weighted by Gasteiger charge is 2.10. The zero-order valence-corrected chi connectivity index (χ0v) is 25.3. The average molecular weight is 588 g/mol. The first-order chi connectivity index (χ1) is 20.5. The molecule has 0 aliphatic carbocycles. The second kappa shape index (κ2) is 15.9. The Balaban J connectivity index is 1.35. The number of hydrogen-bond acceptors (Lipinski definition) is 5. The number of nitrogens with zero attached hydrogens (tertiary/aromatic N) is 2. The van der Waals surface area contributed by atoms with Crippen LogP contribution in [-0.4, -0.2) is 35.3 Å². The molecule has 8 heteroatoms. The lowest BCUT2D eigenvalue weighted by Crippen LogP contribution is -2.08. The van der Waals surface area contributed by atoms with Crippen molar-refractivity contribution >= 4 is 28.9 Å². The lowest BCUT2D eigenvalue weighted by atomic mass is 9.99. The van der Waals surface area contributed by atoms with Gasteiger partial charge in [-0.05, 0) is 85.0 Å². The number of carbonyl (C=O) groups is 1. The first-order valence-corrected chi connectivity index (χ1v) is 15.2. The van der Waals surface area contributed by atoms with E-state index in [2.05, 4.69) is 28.7 Å². The molecule has 1 heterocycles. The van der Waals surface area contributed by atoms with Gasteiger partial charge in [-0.25, -0.2) is 9.37 Å². The number of allylic oxidation sites excluding steroid dienone is 1. The highest BCUT2D eigenvalue weighted by Crippen LogP contribution is 2.30. The van der Waals surface area contributed by atoms with Gasteiger partial charge in [0.2, 0.25) is 5.91 Å². The highest BCUT2D eigenvalue weighted by molar-refractivity contribution is 7.99. The van der Waals surface area contributed by atoms with Gasteiger partial charge in [-0.15, -0.1) is 0 Å². The van der Waals surface area contributed by atoms with Crippen molar-refractivity contribution in [1.29, 1.82) is 0 Å². The van der Waals surface area contributed by atoms with Gasteiger partial charge in [-0.3, -0.25) is 4.79 Å². The van der Waals surface area contributed by atoms with Gasteiger partial charge in [0.05, 0.1) is 24.2 Å². The number of halogens is 1. The Bertz CT molecular complexity index is 1470. The lowest BCUT2D eigenvalue weighted by molar-refractivity contribution is -0.111. The van der Waals surface area contributed by atoms with E-state index >= 15 is 0 Å². The molecular formula is C34H38FN3O3S. The van der Waals surface area contributed by atoms with E-state index in [1.54, 1.807) is 30.8 Å². The van der Waals surface area contributed by atoms with Crippen molar-refractivity contribution in [3.05, 3.63) is 96.7 Å². The van der Waals surface area contributed by atoms with E-state index in [9.17, 15) is 9.18 Å². The number of aryl methyl sites for hydroxylation is 1. The van der Waals surface area contributed by atoms with Gasteiger partial charge in [0, 0.05) is 35.4 Å². The first kappa shape index (κ1) is 31.1. The van der Waals surface area contributed by atoms with Gasteiger partial charge < -0.3 is 19.4 Å². The Kier molecular flexibility index (Phi) is 11.8. The molecule has 0 fully saturated rings. The fourth-order valence-electron chi connectivity index (χ4n) is 4.30. The zero-order valence-electron chi connectivity index (χ0n) is 24.4. The van der Waals surface area contributed by atoms with Crippen LogP contribution >= 0.6 is 11.8 Å². The number of imidazole rings is 1. The molecule has 0 aliphatic heterocycles. The molecule has 0 saturated heterocycles. The Hall–Kier alpha value is -3.88. The standard InChI is InChI=1S/C34H38FN3O3S/c1-4-6-18-40-19-20-41-29-12-7-26(8-13-29)27-9-16-32(35)31(22-27)25(3)21-33(39)37-28-10-14-30(15-11-28)42-34-23-36-24-38(34)17-5-2/h7-16,21-24H,4-6,17-20H2,1-3H3,(H,37,39)/b25-21+. The summed E-state index contributed by atoms with van der Waals surface area (Å²) in [5.74, 6) is 0.0496. The smallest absolute Gasteiger partial charge is 0.248 e. The normalized spacial score (nSPS) is 11.5. The number of aromatic nitrogens is 2. The summed E-state index contributed by atoms with van der Waals surface area (Å²) in [4.78, 5) is 18.1. The summed E-state index contributed by atoms with van der Waals surface area (Å²) in [6.45, 7) is 8.72. The Morgan fingerprint density at radius 2 is 1.74 bits per heavy atom. The SMILES string of the molecule is CCCCOCCOc1ccc(-c2ccc(F)c(/C(C)=C/C(=O)Nc3ccc(Sc4cncn4CCC)cc3)c2)cc1. The molecule has 4 aromatic rings. The minimum Gasteiger partial charge on any atom is -0.491 e. The van der Waals surface area contributed by atoms with Crippen LogP contribution in [0.2, 0.25) is 0 Å².